The molecule has 2 atom stereocenters. The Morgan fingerprint density at radius 2 is 1.73 bits per heavy atom. The highest BCUT2D eigenvalue weighted by Gasteiger charge is 2.38. The number of methoxy groups -OCH3 is 2. The molecule has 0 bridgehead atoms. The van der Waals surface area contributed by atoms with Crippen molar-refractivity contribution in [3.05, 3.63) is 77.8 Å². The second-order valence-electron chi connectivity index (χ2n) is 16.6. The van der Waals surface area contributed by atoms with E-state index < -0.39 is 12.1 Å². The van der Waals surface area contributed by atoms with E-state index in [0.717, 1.165) is 120 Å². The van der Waals surface area contributed by atoms with Gasteiger partial charge in [-0.05, 0) is 99.9 Å². The molecule has 16 heteroatoms. The number of carbonyl (C=O) groups is 4. The van der Waals surface area contributed by atoms with Crippen LogP contribution >= 0.6 is 0 Å². The van der Waals surface area contributed by atoms with Crippen LogP contribution in [0.3, 0.4) is 0 Å². The molecule has 1 aliphatic carbocycles. The fourth-order valence-corrected chi connectivity index (χ4v) is 8.29. The van der Waals surface area contributed by atoms with Crippen LogP contribution in [0.25, 0.3) is 44.5 Å². The first-order valence-corrected chi connectivity index (χ1v) is 22.4. The fourth-order valence-electron chi connectivity index (χ4n) is 8.29. The average Bonchev–Trinajstić information content (AvgIpc) is 4.12. The molecule has 3 amide bonds. The number of rotatable bonds is 14. The van der Waals surface area contributed by atoms with Crippen LogP contribution in [0.2, 0.25) is 0 Å². The van der Waals surface area contributed by atoms with Crippen molar-refractivity contribution in [2.24, 2.45) is 5.92 Å². The third-order valence-electron chi connectivity index (χ3n) is 11.7. The lowest BCUT2D eigenvalue weighted by Gasteiger charge is -2.30. The monoisotopic (exact) mass is 877 g/mol. The van der Waals surface area contributed by atoms with E-state index in [0.29, 0.717) is 26.1 Å². The Morgan fingerprint density at radius 3 is 2.44 bits per heavy atom. The first-order valence-electron chi connectivity index (χ1n) is 22.4. The van der Waals surface area contributed by atoms with Gasteiger partial charge in [0.05, 0.1) is 50.1 Å². The summed E-state index contributed by atoms with van der Waals surface area (Å²) in [4.78, 5) is 69.7. The largest absolute Gasteiger partial charge is 0.471 e. The molecule has 2 fully saturated rings. The lowest BCUT2D eigenvalue weighted by molar-refractivity contribution is -0.135. The molecular formula is C48H63N9O7. The minimum absolute atomic E-state index is 0.0130. The molecule has 16 nitrogen and oxygen atoms in total. The van der Waals surface area contributed by atoms with Crippen LogP contribution in [-0.2, 0) is 47.9 Å². The van der Waals surface area contributed by atoms with E-state index in [2.05, 4.69) is 78.1 Å². The van der Waals surface area contributed by atoms with Crippen molar-refractivity contribution < 1.29 is 33.4 Å². The molecule has 2 aromatic carbocycles. The van der Waals surface area contributed by atoms with E-state index in [4.69, 9.17) is 24.2 Å². The highest BCUT2D eigenvalue weighted by atomic mass is 16.5. The van der Waals surface area contributed by atoms with Crippen LogP contribution in [0.5, 0.6) is 0 Å². The zero-order valence-electron chi connectivity index (χ0n) is 37.8. The summed E-state index contributed by atoms with van der Waals surface area (Å²) < 4.78 is 13.7. The van der Waals surface area contributed by atoms with Gasteiger partial charge < -0.3 is 45.0 Å². The van der Waals surface area contributed by atoms with Crippen LogP contribution in [0.4, 0.5) is 4.79 Å². The number of alkyl carbamates (subject to hydrolysis) is 1. The van der Waals surface area contributed by atoms with Crippen molar-refractivity contribution in [3.8, 4) is 33.8 Å². The standard InChI is InChI=1S/C41H49N9O4.C5H10O.C2H4O2/c1-24(2)37(49-41(53)54-4)40(52)50-17-7-8-34(50)39-47-31-15-13-26-18-27(12-14-30(26)38(31)48-39)32-20-25-10-11-28(19-29(25)21-44-32)33-22-45-35(46-33)9-5-6-16-43-36(51)23-42-3;1-2-4-6-5-3-1;1-4-2-3/h10-12,14,18-22,24,34,37,42H,5-9,13,15-17,23H2,1-4H3,(H,43,51)(H,45,46)(H,47,48)(H,49,53);1-5H2;2H,1H3. The number of fused-ring (bicyclic) bond motifs is 4. The number of carbonyl (C=O) groups excluding carboxylic acids is 4. The van der Waals surface area contributed by atoms with Gasteiger partial charge in [0.2, 0.25) is 11.8 Å². The summed E-state index contributed by atoms with van der Waals surface area (Å²) in [5, 5.41) is 10.7. The number of amides is 3. The number of benzene rings is 2. The van der Waals surface area contributed by atoms with Gasteiger partial charge >= 0.3 is 6.09 Å². The van der Waals surface area contributed by atoms with Crippen LogP contribution in [0.1, 0.15) is 87.7 Å². The Bertz CT molecular complexity index is 2330. The minimum atomic E-state index is -0.672. The maximum Gasteiger partial charge on any atom is 0.407 e. The number of unbranched alkanes of at least 4 members (excludes halogenated alkanes) is 1. The zero-order valence-corrected chi connectivity index (χ0v) is 37.8. The number of likely N-dealkylation sites (N-methyl/N-ethyl adjacent to an activating group) is 1. The maximum atomic E-state index is 13.7. The normalized spacial score (nSPS) is 15.7. The number of nitrogens with zero attached hydrogens (tertiary/aromatic N) is 4. The predicted molar refractivity (Wildman–Crippen MR) is 245 cm³/mol. The number of aromatic nitrogens is 5. The lowest BCUT2D eigenvalue weighted by atomic mass is 9.90. The van der Waals surface area contributed by atoms with Crippen molar-refractivity contribution >= 4 is 35.2 Å². The third kappa shape index (κ3) is 12.3. The lowest BCUT2D eigenvalue weighted by Crippen LogP contribution is -2.51. The van der Waals surface area contributed by atoms with Gasteiger partial charge in [-0.3, -0.25) is 19.4 Å². The number of aryl methyl sites for hydroxylation is 3. The van der Waals surface area contributed by atoms with Gasteiger partial charge in [-0.1, -0.05) is 38.1 Å². The highest BCUT2D eigenvalue weighted by molar-refractivity contribution is 5.89. The summed E-state index contributed by atoms with van der Waals surface area (Å²) in [6.07, 6.45) is 13.2. The number of pyridine rings is 1. The molecule has 0 radical (unpaired) electrons. The first kappa shape index (κ1) is 47.4. The number of imidazole rings is 2. The first-order chi connectivity index (χ1) is 31.1. The second kappa shape index (κ2) is 23.5. The SMILES string of the molecule is C1CCOCC1.CNCC(=O)NCCCCc1ncc(-c2ccc3cc(-c4ccc5c(c4)CCc4[nH]c(C6CCCN6C(=O)C(NC(=O)OC)C(C)C)nc4-5)ncc3c2)[nH]1.COC=O. The van der Waals surface area contributed by atoms with E-state index in [1.807, 2.05) is 31.1 Å². The predicted octanol–water partition coefficient (Wildman–Crippen LogP) is 6.46. The van der Waals surface area contributed by atoms with Crippen LogP contribution < -0.4 is 16.0 Å². The molecule has 3 aliphatic rings. The van der Waals surface area contributed by atoms with Gasteiger partial charge in [0.25, 0.3) is 6.47 Å². The van der Waals surface area contributed by atoms with Gasteiger partial charge in [-0.25, -0.2) is 14.8 Å². The van der Waals surface area contributed by atoms with Crippen molar-refractivity contribution in [1.29, 1.82) is 0 Å². The number of hydrogen-bond donors (Lipinski definition) is 5. The van der Waals surface area contributed by atoms with Crippen molar-refractivity contribution in [3.63, 3.8) is 0 Å². The van der Waals surface area contributed by atoms with Crippen LogP contribution in [-0.4, -0.2) is 114 Å². The third-order valence-corrected chi connectivity index (χ3v) is 11.7. The van der Waals surface area contributed by atoms with Gasteiger partial charge in [0.1, 0.15) is 17.7 Å². The number of aromatic amines is 2. The summed E-state index contributed by atoms with van der Waals surface area (Å²) in [7, 11) is 4.38. The molecule has 5 heterocycles. The molecule has 3 aromatic heterocycles. The van der Waals surface area contributed by atoms with E-state index in [9.17, 15) is 14.4 Å². The zero-order chi connectivity index (χ0) is 45.4. The second-order valence-corrected chi connectivity index (χ2v) is 16.6. The van der Waals surface area contributed by atoms with Gasteiger partial charge in [0, 0.05) is 66.7 Å². The number of ether oxygens (including phenoxy) is 3. The molecule has 2 unspecified atom stereocenters. The Labute approximate surface area is 375 Å². The molecule has 64 heavy (non-hydrogen) atoms. The number of hydrogen-bond acceptors (Lipinski definition) is 11. The van der Waals surface area contributed by atoms with E-state index in [-0.39, 0.29) is 23.8 Å². The highest BCUT2D eigenvalue weighted by Crippen LogP contribution is 2.39. The van der Waals surface area contributed by atoms with Gasteiger partial charge in [0.15, 0.2) is 0 Å². The Kier molecular flexibility index (Phi) is 17.4. The van der Waals surface area contributed by atoms with Crippen LogP contribution in [0.15, 0.2) is 54.9 Å². The molecule has 0 saturated carbocycles. The molecule has 0 spiro atoms. The molecule has 8 rings (SSSR count). The average molecular weight is 878 g/mol. The summed E-state index contributed by atoms with van der Waals surface area (Å²) in [5.74, 6) is 1.55. The molecule has 342 valence electrons. The number of H-pyrrole nitrogens is 2. The Hall–Kier alpha value is -6.13. The van der Waals surface area contributed by atoms with Crippen LogP contribution in [0, 0.1) is 5.92 Å². The van der Waals surface area contributed by atoms with Crippen molar-refractivity contribution in [2.75, 3.05) is 54.1 Å². The molecular weight excluding hydrogens is 815 g/mol. The fraction of sp³-hybridized carbons (Fsp3) is 0.479. The molecule has 2 saturated heterocycles. The Morgan fingerprint density at radius 1 is 0.938 bits per heavy atom. The quantitative estimate of drug-likeness (QED) is 0.0605. The molecule has 5 aromatic rings. The van der Waals surface area contributed by atoms with Crippen molar-refractivity contribution in [2.45, 2.75) is 90.1 Å². The van der Waals surface area contributed by atoms with E-state index >= 15 is 0 Å². The summed E-state index contributed by atoms with van der Waals surface area (Å²) in [6.45, 7) is 7.83. The molecule has 2 aliphatic heterocycles. The van der Waals surface area contributed by atoms with Gasteiger partial charge in [-0.2, -0.15) is 0 Å². The smallest absolute Gasteiger partial charge is 0.407 e. The summed E-state index contributed by atoms with van der Waals surface area (Å²) in [5.41, 5.74) is 8.36. The number of nitrogens with one attached hydrogen (secondary N) is 5. The number of likely N-dealkylation sites (tertiary alicyclic amines) is 1. The Balaban J connectivity index is 0.000000607. The summed E-state index contributed by atoms with van der Waals surface area (Å²) in [6, 6.07) is 14.2. The maximum absolute atomic E-state index is 13.7. The minimum Gasteiger partial charge on any atom is -0.471 e. The summed E-state index contributed by atoms with van der Waals surface area (Å²) >= 11 is 0. The van der Waals surface area contributed by atoms with Crippen molar-refractivity contribution in [1.82, 2.24) is 45.8 Å². The van der Waals surface area contributed by atoms with E-state index in [1.54, 1.807) is 7.05 Å². The molecule has 5 N–H and O–H groups in total. The topological polar surface area (TPSA) is 206 Å². The van der Waals surface area contributed by atoms with Gasteiger partial charge in [-0.15, -0.1) is 0 Å². The van der Waals surface area contributed by atoms with E-state index in [1.165, 1.54) is 39.0 Å².